The van der Waals surface area contributed by atoms with Gasteiger partial charge < -0.3 is 0 Å². The maximum Gasteiger partial charge on any atom is 0.0693 e. The normalized spacial score (nSPS) is 26.4. The molecule has 1 aliphatic rings. The molecule has 0 saturated heterocycles. The number of benzene rings is 1. The second-order valence-corrected chi connectivity index (χ2v) is 7.53. The predicted octanol–water partition coefficient (Wildman–Crippen LogP) is 5.25. The van der Waals surface area contributed by atoms with Gasteiger partial charge in [-0.25, -0.2) is 0 Å². The van der Waals surface area contributed by atoms with Crippen LogP contribution in [0.4, 0.5) is 0 Å². The Labute approximate surface area is 124 Å². The lowest BCUT2D eigenvalue weighted by atomic mass is 9.79. The van der Waals surface area contributed by atoms with Gasteiger partial charge in [0, 0.05) is 0 Å². The molecule has 20 heavy (non-hydrogen) atoms. The molecule has 0 aliphatic heterocycles. The molecule has 0 N–H and O–H groups in total. The van der Waals surface area contributed by atoms with Gasteiger partial charge in [-0.15, -0.1) is 0 Å². The van der Waals surface area contributed by atoms with Crippen molar-refractivity contribution in [2.45, 2.75) is 65.2 Å². The van der Waals surface area contributed by atoms with Crippen molar-refractivity contribution in [2.75, 3.05) is 0 Å². The molecule has 0 heterocycles. The fourth-order valence-corrected chi connectivity index (χ4v) is 3.40. The van der Waals surface area contributed by atoms with Crippen LogP contribution in [-0.2, 0) is 11.8 Å². The van der Waals surface area contributed by atoms with Crippen molar-refractivity contribution in [2.24, 2.45) is 11.3 Å². The van der Waals surface area contributed by atoms with E-state index in [9.17, 15) is 5.26 Å². The van der Waals surface area contributed by atoms with Crippen molar-refractivity contribution in [1.82, 2.24) is 0 Å². The van der Waals surface area contributed by atoms with Crippen molar-refractivity contribution < 1.29 is 0 Å². The van der Waals surface area contributed by atoms with Gasteiger partial charge in [-0.1, -0.05) is 58.4 Å². The van der Waals surface area contributed by atoms with Crippen LogP contribution >= 0.6 is 0 Å². The lowest BCUT2D eigenvalue weighted by Crippen LogP contribution is -2.18. The highest BCUT2D eigenvalue weighted by Gasteiger charge is 2.38. The van der Waals surface area contributed by atoms with Crippen molar-refractivity contribution >= 4 is 0 Å². The minimum absolute atomic E-state index is 0.107. The Balaban J connectivity index is 2.12. The first kappa shape index (κ1) is 15.1. The first-order chi connectivity index (χ1) is 9.38. The highest BCUT2D eigenvalue weighted by molar-refractivity contribution is 5.29. The highest BCUT2D eigenvalue weighted by Crippen LogP contribution is 2.45. The largest absolute Gasteiger partial charge is 0.198 e. The Bertz CT molecular complexity index is 486. The van der Waals surface area contributed by atoms with Gasteiger partial charge in [0.05, 0.1) is 11.5 Å². The summed E-state index contributed by atoms with van der Waals surface area (Å²) in [7, 11) is 0. The molecular formula is C19H27N. The summed E-state index contributed by atoms with van der Waals surface area (Å²) in [6.07, 6.45) is 5.52. The number of nitrogens with zero attached hydrogens (tertiary/aromatic N) is 1. The van der Waals surface area contributed by atoms with Crippen LogP contribution in [0.2, 0.25) is 0 Å². The maximum atomic E-state index is 9.62. The minimum Gasteiger partial charge on any atom is -0.198 e. The van der Waals surface area contributed by atoms with Crippen LogP contribution in [0.5, 0.6) is 0 Å². The van der Waals surface area contributed by atoms with E-state index in [0.29, 0.717) is 0 Å². The molecule has 2 atom stereocenters. The first-order valence-corrected chi connectivity index (χ1v) is 7.89. The molecule has 0 bridgehead atoms. The molecule has 1 aromatic carbocycles. The summed E-state index contributed by atoms with van der Waals surface area (Å²) in [6.45, 7) is 8.96. The quantitative estimate of drug-likeness (QED) is 0.735. The van der Waals surface area contributed by atoms with Gasteiger partial charge >= 0.3 is 0 Å². The van der Waals surface area contributed by atoms with E-state index in [0.717, 1.165) is 25.2 Å². The molecule has 2 rings (SSSR count). The topological polar surface area (TPSA) is 23.8 Å². The molecule has 108 valence electrons. The SMILES string of the molecule is CCC1CCC(C#N)(Cc2ccc(C(C)(C)C)cc2)C1. The summed E-state index contributed by atoms with van der Waals surface area (Å²) in [5, 5.41) is 9.62. The van der Waals surface area contributed by atoms with E-state index in [4.69, 9.17) is 0 Å². The Hall–Kier alpha value is -1.29. The molecule has 0 amide bonds. The number of rotatable bonds is 3. The molecule has 0 radical (unpaired) electrons. The van der Waals surface area contributed by atoms with Gasteiger partial charge in [-0.3, -0.25) is 0 Å². The average molecular weight is 269 g/mol. The van der Waals surface area contributed by atoms with Gasteiger partial charge in [-0.05, 0) is 48.1 Å². The second kappa shape index (κ2) is 5.60. The van der Waals surface area contributed by atoms with Crippen molar-refractivity contribution in [3.63, 3.8) is 0 Å². The Morgan fingerprint density at radius 3 is 2.35 bits per heavy atom. The van der Waals surface area contributed by atoms with Crippen LogP contribution in [0, 0.1) is 22.7 Å². The molecule has 1 aliphatic carbocycles. The monoisotopic (exact) mass is 269 g/mol. The highest BCUT2D eigenvalue weighted by atomic mass is 14.4. The fourth-order valence-electron chi connectivity index (χ4n) is 3.40. The van der Waals surface area contributed by atoms with Crippen LogP contribution in [-0.4, -0.2) is 0 Å². The molecule has 0 aromatic heterocycles. The molecule has 1 fully saturated rings. The molecule has 0 spiro atoms. The van der Waals surface area contributed by atoms with Gasteiger partial charge in [0.1, 0.15) is 0 Å². The summed E-state index contributed by atoms with van der Waals surface area (Å²) in [6, 6.07) is 11.5. The van der Waals surface area contributed by atoms with Crippen LogP contribution in [0.3, 0.4) is 0 Å². The third-order valence-electron chi connectivity index (χ3n) is 4.89. The summed E-state index contributed by atoms with van der Waals surface area (Å²) in [5.41, 5.74) is 2.78. The maximum absolute atomic E-state index is 9.62. The van der Waals surface area contributed by atoms with Crippen molar-refractivity contribution in [3.8, 4) is 6.07 Å². The zero-order valence-corrected chi connectivity index (χ0v) is 13.4. The molecule has 2 unspecified atom stereocenters. The summed E-state index contributed by atoms with van der Waals surface area (Å²) < 4.78 is 0. The average Bonchev–Trinajstić information content (AvgIpc) is 2.82. The second-order valence-electron chi connectivity index (χ2n) is 7.53. The Morgan fingerprint density at radius 2 is 1.90 bits per heavy atom. The zero-order chi connectivity index (χ0) is 14.8. The third-order valence-corrected chi connectivity index (χ3v) is 4.89. The molecule has 1 saturated carbocycles. The number of hydrogen-bond donors (Lipinski definition) is 0. The van der Waals surface area contributed by atoms with E-state index >= 15 is 0 Å². The van der Waals surface area contributed by atoms with Crippen molar-refractivity contribution in [3.05, 3.63) is 35.4 Å². The number of nitriles is 1. The first-order valence-electron chi connectivity index (χ1n) is 7.89. The predicted molar refractivity (Wildman–Crippen MR) is 84.5 cm³/mol. The van der Waals surface area contributed by atoms with Crippen LogP contribution < -0.4 is 0 Å². The van der Waals surface area contributed by atoms with Crippen LogP contribution in [0.25, 0.3) is 0 Å². The van der Waals surface area contributed by atoms with Gasteiger partial charge in [0.25, 0.3) is 0 Å². The standard InChI is InChI=1S/C19H27N/c1-5-15-10-11-19(12-15,14-20)13-16-6-8-17(9-7-16)18(2,3)4/h6-9,15H,5,10-13H2,1-4H3. The van der Waals surface area contributed by atoms with Gasteiger partial charge in [-0.2, -0.15) is 5.26 Å². The third kappa shape index (κ3) is 3.23. The number of hydrogen-bond acceptors (Lipinski definition) is 1. The molecule has 1 nitrogen and oxygen atoms in total. The fraction of sp³-hybridized carbons (Fsp3) is 0.632. The van der Waals surface area contributed by atoms with Crippen LogP contribution in [0.15, 0.2) is 24.3 Å². The van der Waals surface area contributed by atoms with E-state index in [2.05, 4.69) is 58.0 Å². The van der Waals surface area contributed by atoms with Crippen molar-refractivity contribution in [1.29, 1.82) is 5.26 Å². The van der Waals surface area contributed by atoms with Crippen LogP contribution in [0.1, 0.15) is 64.5 Å². The van der Waals surface area contributed by atoms with E-state index in [-0.39, 0.29) is 10.8 Å². The minimum atomic E-state index is -0.107. The Morgan fingerprint density at radius 1 is 1.25 bits per heavy atom. The van der Waals surface area contributed by atoms with E-state index < -0.39 is 0 Å². The summed E-state index contributed by atoms with van der Waals surface area (Å²) in [4.78, 5) is 0. The zero-order valence-electron chi connectivity index (χ0n) is 13.4. The smallest absolute Gasteiger partial charge is 0.0693 e. The summed E-state index contributed by atoms with van der Waals surface area (Å²) >= 11 is 0. The van der Waals surface area contributed by atoms with Gasteiger partial charge in [0.15, 0.2) is 0 Å². The van der Waals surface area contributed by atoms with E-state index in [1.807, 2.05) is 0 Å². The van der Waals surface area contributed by atoms with E-state index in [1.165, 1.54) is 24.0 Å². The summed E-state index contributed by atoms with van der Waals surface area (Å²) in [5.74, 6) is 0.753. The molecule has 1 aromatic rings. The lowest BCUT2D eigenvalue weighted by Gasteiger charge is -2.23. The molecule has 1 heteroatoms. The Kier molecular flexibility index (Phi) is 4.23. The molecular weight excluding hydrogens is 242 g/mol. The van der Waals surface area contributed by atoms with Gasteiger partial charge in [0.2, 0.25) is 0 Å². The lowest BCUT2D eigenvalue weighted by molar-refractivity contribution is 0.381. The van der Waals surface area contributed by atoms with E-state index in [1.54, 1.807) is 0 Å².